The molecular weight excluding hydrogens is 414 g/mol. The van der Waals surface area contributed by atoms with Gasteiger partial charge in [0.05, 0.1) is 12.6 Å². The first kappa shape index (κ1) is 22.5. The van der Waals surface area contributed by atoms with Gasteiger partial charge >= 0.3 is 0 Å². The number of benzene rings is 3. The Labute approximate surface area is 194 Å². The molecule has 0 unspecified atom stereocenters. The first-order chi connectivity index (χ1) is 16.2. The summed E-state index contributed by atoms with van der Waals surface area (Å²) in [6, 6.07) is 25.4. The molecular formula is C28H29NO4. The SMILES string of the molecule is CCCCn1c(=O)c(OCc2ccccc2)c(OCc2ccccc2)c2ccc(OC)cc21. The summed E-state index contributed by atoms with van der Waals surface area (Å²) >= 11 is 0. The van der Waals surface area contributed by atoms with Gasteiger partial charge in [-0.1, -0.05) is 74.0 Å². The summed E-state index contributed by atoms with van der Waals surface area (Å²) in [6.45, 7) is 3.33. The molecule has 0 aliphatic rings. The molecule has 0 atom stereocenters. The van der Waals surface area contributed by atoms with Crippen LogP contribution in [0.4, 0.5) is 0 Å². The summed E-state index contributed by atoms with van der Waals surface area (Å²) in [5, 5.41) is 0.825. The van der Waals surface area contributed by atoms with E-state index in [1.807, 2.05) is 78.9 Å². The van der Waals surface area contributed by atoms with Gasteiger partial charge in [0.1, 0.15) is 19.0 Å². The van der Waals surface area contributed by atoms with Crippen molar-refractivity contribution in [2.24, 2.45) is 0 Å². The fourth-order valence-corrected chi connectivity index (χ4v) is 3.77. The zero-order chi connectivity index (χ0) is 23.0. The Bertz CT molecular complexity index is 1250. The number of hydrogen-bond donors (Lipinski definition) is 0. The highest BCUT2D eigenvalue weighted by Crippen LogP contribution is 2.36. The van der Waals surface area contributed by atoms with Gasteiger partial charge in [-0.2, -0.15) is 0 Å². The van der Waals surface area contributed by atoms with Gasteiger partial charge in [-0.25, -0.2) is 0 Å². The number of nitrogens with zero attached hydrogens (tertiary/aromatic N) is 1. The quantitative estimate of drug-likeness (QED) is 0.303. The molecule has 0 bridgehead atoms. The zero-order valence-corrected chi connectivity index (χ0v) is 19.1. The molecule has 0 saturated carbocycles. The van der Waals surface area contributed by atoms with Crippen molar-refractivity contribution in [2.45, 2.75) is 39.5 Å². The fourth-order valence-electron chi connectivity index (χ4n) is 3.77. The van der Waals surface area contributed by atoms with Crippen molar-refractivity contribution in [2.75, 3.05) is 7.11 Å². The summed E-state index contributed by atoms with van der Waals surface area (Å²) in [7, 11) is 1.62. The van der Waals surface area contributed by atoms with Crippen molar-refractivity contribution >= 4 is 10.9 Å². The second-order valence-corrected chi connectivity index (χ2v) is 7.90. The Kier molecular flexibility index (Phi) is 7.30. The molecule has 4 aromatic rings. The van der Waals surface area contributed by atoms with E-state index in [-0.39, 0.29) is 17.9 Å². The van der Waals surface area contributed by atoms with Gasteiger partial charge in [-0.05, 0) is 29.7 Å². The van der Waals surface area contributed by atoms with Crippen molar-refractivity contribution < 1.29 is 14.2 Å². The van der Waals surface area contributed by atoms with Gasteiger partial charge in [-0.3, -0.25) is 4.79 Å². The van der Waals surface area contributed by atoms with Crippen molar-refractivity contribution in [3.05, 3.63) is 100 Å². The highest BCUT2D eigenvalue weighted by Gasteiger charge is 2.20. The summed E-state index contributed by atoms with van der Waals surface area (Å²) in [5.41, 5.74) is 2.59. The third-order valence-corrected chi connectivity index (χ3v) is 5.57. The topological polar surface area (TPSA) is 49.7 Å². The van der Waals surface area contributed by atoms with Gasteiger partial charge in [-0.15, -0.1) is 0 Å². The molecule has 1 heterocycles. The van der Waals surface area contributed by atoms with Gasteiger partial charge in [0.25, 0.3) is 5.56 Å². The van der Waals surface area contributed by atoms with Crippen LogP contribution >= 0.6 is 0 Å². The lowest BCUT2D eigenvalue weighted by atomic mass is 10.1. The standard InChI is InChI=1S/C28H29NO4/c1-3-4-17-29-25-18-23(31-2)15-16-24(25)26(32-19-21-11-7-5-8-12-21)27(28(29)30)33-20-22-13-9-6-10-14-22/h5-16,18H,3-4,17,19-20H2,1-2H3. The number of ether oxygens (including phenoxy) is 3. The molecule has 5 nitrogen and oxygen atoms in total. The number of hydrogen-bond acceptors (Lipinski definition) is 4. The smallest absolute Gasteiger partial charge is 0.297 e. The van der Waals surface area contributed by atoms with Gasteiger partial charge in [0.15, 0.2) is 5.75 Å². The Balaban J connectivity index is 1.82. The Morgan fingerprint density at radius 3 is 1.97 bits per heavy atom. The molecule has 0 aliphatic heterocycles. The molecule has 0 radical (unpaired) electrons. The summed E-state index contributed by atoms with van der Waals surface area (Å²) in [6.07, 6.45) is 1.86. The largest absolute Gasteiger partial charge is 0.497 e. The normalized spacial score (nSPS) is 10.8. The fraction of sp³-hybridized carbons (Fsp3) is 0.250. The van der Waals surface area contributed by atoms with E-state index in [0.717, 1.165) is 34.9 Å². The number of aryl methyl sites for hydroxylation is 1. The minimum Gasteiger partial charge on any atom is -0.497 e. The maximum absolute atomic E-state index is 13.7. The monoisotopic (exact) mass is 443 g/mol. The highest BCUT2D eigenvalue weighted by molar-refractivity contribution is 5.89. The molecule has 33 heavy (non-hydrogen) atoms. The Morgan fingerprint density at radius 2 is 1.39 bits per heavy atom. The highest BCUT2D eigenvalue weighted by atomic mass is 16.5. The average molecular weight is 444 g/mol. The zero-order valence-electron chi connectivity index (χ0n) is 19.1. The maximum atomic E-state index is 13.7. The van der Waals surface area contributed by atoms with Crippen molar-refractivity contribution in [1.29, 1.82) is 0 Å². The lowest BCUT2D eigenvalue weighted by Crippen LogP contribution is -2.24. The third kappa shape index (κ3) is 5.20. The van der Waals surface area contributed by atoms with Crippen LogP contribution in [0.5, 0.6) is 17.2 Å². The number of pyridine rings is 1. The van der Waals surface area contributed by atoms with Crippen LogP contribution in [0, 0.1) is 0 Å². The molecule has 0 N–H and O–H groups in total. The van der Waals surface area contributed by atoms with E-state index in [0.29, 0.717) is 24.7 Å². The molecule has 1 aromatic heterocycles. The van der Waals surface area contributed by atoms with Crippen molar-refractivity contribution in [3.63, 3.8) is 0 Å². The van der Waals surface area contributed by atoms with Gasteiger partial charge in [0, 0.05) is 18.0 Å². The lowest BCUT2D eigenvalue weighted by Gasteiger charge is -2.19. The Morgan fingerprint density at radius 1 is 0.788 bits per heavy atom. The van der Waals surface area contributed by atoms with E-state index < -0.39 is 0 Å². The maximum Gasteiger partial charge on any atom is 0.297 e. The molecule has 0 saturated heterocycles. The number of unbranched alkanes of at least 4 members (excludes halogenated alkanes) is 1. The van der Waals surface area contributed by atoms with Gasteiger partial charge < -0.3 is 18.8 Å². The summed E-state index contributed by atoms with van der Waals surface area (Å²) in [5.74, 6) is 1.40. The minimum absolute atomic E-state index is 0.191. The molecule has 0 spiro atoms. The average Bonchev–Trinajstić information content (AvgIpc) is 2.87. The van der Waals surface area contributed by atoms with E-state index in [1.165, 1.54) is 0 Å². The number of methoxy groups -OCH3 is 1. The minimum atomic E-state index is -0.191. The van der Waals surface area contributed by atoms with E-state index in [4.69, 9.17) is 14.2 Å². The molecule has 0 amide bonds. The molecule has 0 fully saturated rings. The second kappa shape index (κ2) is 10.7. The first-order valence-corrected chi connectivity index (χ1v) is 11.3. The molecule has 170 valence electrons. The van der Waals surface area contributed by atoms with Crippen LogP contribution in [0.1, 0.15) is 30.9 Å². The third-order valence-electron chi connectivity index (χ3n) is 5.57. The molecule has 5 heteroatoms. The van der Waals surface area contributed by atoms with Crippen LogP contribution in [0.25, 0.3) is 10.9 Å². The number of fused-ring (bicyclic) bond motifs is 1. The van der Waals surface area contributed by atoms with Crippen molar-refractivity contribution in [3.8, 4) is 17.2 Å². The summed E-state index contributed by atoms with van der Waals surface area (Å²) in [4.78, 5) is 13.7. The van der Waals surface area contributed by atoms with E-state index in [9.17, 15) is 4.79 Å². The van der Waals surface area contributed by atoms with Crippen LogP contribution < -0.4 is 19.8 Å². The number of rotatable bonds is 10. The molecule has 3 aromatic carbocycles. The second-order valence-electron chi connectivity index (χ2n) is 7.90. The van der Waals surface area contributed by atoms with Crippen LogP contribution in [0.15, 0.2) is 83.7 Å². The van der Waals surface area contributed by atoms with E-state index in [2.05, 4.69) is 6.92 Å². The van der Waals surface area contributed by atoms with Crippen LogP contribution in [-0.4, -0.2) is 11.7 Å². The molecule has 4 rings (SSSR count). The Hall–Kier alpha value is -3.73. The van der Waals surface area contributed by atoms with Crippen LogP contribution in [0.2, 0.25) is 0 Å². The first-order valence-electron chi connectivity index (χ1n) is 11.3. The van der Waals surface area contributed by atoms with Crippen molar-refractivity contribution in [1.82, 2.24) is 4.57 Å². The lowest BCUT2D eigenvalue weighted by molar-refractivity contribution is 0.253. The van der Waals surface area contributed by atoms with Gasteiger partial charge in [0.2, 0.25) is 5.75 Å². The summed E-state index contributed by atoms with van der Waals surface area (Å²) < 4.78 is 19.6. The predicted molar refractivity (Wildman–Crippen MR) is 131 cm³/mol. The molecule has 0 aliphatic carbocycles. The predicted octanol–water partition coefficient (Wildman–Crippen LogP) is 5.97. The van der Waals surface area contributed by atoms with Crippen LogP contribution in [-0.2, 0) is 19.8 Å². The number of aromatic nitrogens is 1. The van der Waals surface area contributed by atoms with E-state index in [1.54, 1.807) is 11.7 Å². The van der Waals surface area contributed by atoms with E-state index >= 15 is 0 Å². The van der Waals surface area contributed by atoms with Crippen LogP contribution in [0.3, 0.4) is 0 Å².